The van der Waals surface area contributed by atoms with Crippen molar-refractivity contribution in [3.8, 4) is 0 Å². The Labute approximate surface area is 136 Å². The predicted octanol–water partition coefficient (Wildman–Crippen LogP) is 0.0476. The Morgan fingerprint density at radius 1 is 1.35 bits per heavy atom. The minimum absolute atomic E-state index is 0.0381. The lowest BCUT2D eigenvalue weighted by Gasteiger charge is -2.38. The minimum atomic E-state index is -1.43. The molecule has 0 aromatic heterocycles. The molecule has 0 saturated carbocycles. The van der Waals surface area contributed by atoms with E-state index in [1.807, 2.05) is 18.2 Å². The second kappa shape index (κ2) is 8.08. The molecule has 2 rings (SSSR count). The van der Waals surface area contributed by atoms with Crippen LogP contribution in [0.5, 0.6) is 0 Å². The third-order valence-corrected chi connectivity index (χ3v) is 4.16. The Kier molecular flexibility index (Phi) is 6.12. The molecule has 126 valence electrons. The molecule has 0 radical (unpaired) electrons. The van der Waals surface area contributed by atoms with Gasteiger partial charge in [0.05, 0.1) is 6.54 Å². The van der Waals surface area contributed by atoms with Crippen LogP contribution in [0.15, 0.2) is 30.3 Å². The largest absolute Gasteiger partial charge is 0.379 e. The molecule has 1 saturated heterocycles. The van der Waals surface area contributed by atoms with Crippen LogP contribution < -0.4 is 11.1 Å². The van der Waals surface area contributed by atoms with Crippen molar-refractivity contribution in [2.75, 3.05) is 26.2 Å². The number of hydrogen-bond donors (Lipinski definition) is 3. The lowest BCUT2D eigenvalue weighted by atomic mass is 9.91. The van der Waals surface area contributed by atoms with Gasteiger partial charge in [-0.05, 0) is 31.2 Å². The summed E-state index contributed by atoms with van der Waals surface area (Å²) in [6, 6.07) is 10.1. The zero-order chi connectivity index (χ0) is 16.7. The van der Waals surface area contributed by atoms with Gasteiger partial charge in [0.15, 0.2) is 5.60 Å². The minimum Gasteiger partial charge on any atom is -0.379 e. The summed E-state index contributed by atoms with van der Waals surface area (Å²) in [7, 11) is 0. The Bertz CT molecular complexity index is 535. The highest BCUT2D eigenvalue weighted by Gasteiger charge is 2.41. The van der Waals surface area contributed by atoms with Gasteiger partial charge >= 0.3 is 0 Å². The van der Waals surface area contributed by atoms with Gasteiger partial charge in [-0.25, -0.2) is 0 Å². The van der Waals surface area contributed by atoms with Gasteiger partial charge in [0.25, 0.3) is 5.91 Å². The number of hydrogen-bond acceptors (Lipinski definition) is 4. The lowest BCUT2D eigenvalue weighted by molar-refractivity contribution is -0.156. The van der Waals surface area contributed by atoms with E-state index in [1.54, 1.807) is 4.90 Å². The lowest BCUT2D eigenvalue weighted by Crippen LogP contribution is -2.58. The molecule has 0 aliphatic carbocycles. The van der Waals surface area contributed by atoms with Gasteiger partial charge in [0.1, 0.15) is 0 Å². The Balaban J connectivity index is 1.82. The number of nitrogens with one attached hydrogen (secondary N) is 1. The van der Waals surface area contributed by atoms with Crippen molar-refractivity contribution in [2.24, 2.45) is 5.73 Å². The molecule has 1 aromatic carbocycles. The van der Waals surface area contributed by atoms with E-state index in [9.17, 15) is 14.7 Å². The third kappa shape index (κ3) is 5.04. The van der Waals surface area contributed by atoms with Gasteiger partial charge in [-0.2, -0.15) is 0 Å². The number of primary amides is 1. The van der Waals surface area contributed by atoms with Gasteiger partial charge < -0.3 is 21.1 Å². The van der Waals surface area contributed by atoms with E-state index in [0.29, 0.717) is 19.5 Å². The molecule has 1 aliphatic rings. The van der Waals surface area contributed by atoms with E-state index < -0.39 is 11.5 Å². The summed E-state index contributed by atoms with van der Waals surface area (Å²) in [5, 5.41) is 13.3. The molecule has 0 bridgehead atoms. The standard InChI is InChI=1S/C17H25N3O3/c18-15(21)12-19-13-17(23)9-5-11-20(16(17)22)10-4-8-14-6-2-1-3-7-14/h1-3,6-7,19,23H,4-5,8-13H2,(H2,18,21)/t17-/m0/s1. The summed E-state index contributed by atoms with van der Waals surface area (Å²) in [4.78, 5) is 25.0. The number of aliphatic hydroxyl groups is 1. The van der Waals surface area contributed by atoms with Crippen LogP contribution in [0.1, 0.15) is 24.8 Å². The summed E-state index contributed by atoms with van der Waals surface area (Å²) in [5.41, 5.74) is 4.87. The smallest absolute Gasteiger partial charge is 0.255 e. The first kappa shape index (κ1) is 17.4. The molecule has 1 atom stereocenters. The predicted molar refractivity (Wildman–Crippen MR) is 87.6 cm³/mol. The topological polar surface area (TPSA) is 95.7 Å². The van der Waals surface area contributed by atoms with Crippen LogP contribution >= 0.6 is 0 Å². The van der Waals surface area contributed by atoms with Gasteiger partial charge in [-0.1, -0.05) is 30.3 Å². The number of nitrogens with zero attached hydrogens (tertiary/aromatic N) is 1. The first-order valence-corrected chi connectivity index (χ1v) is 8.06. The van der Waals surface area contributed by atoms with E-state index in [-0.39, 0.29) is 19.0 Å². The fourth-order valence-electron chi connectivity index (χ4n) is 2.95. The molecule has 0 spiro atoms. The summed E-state index contributed by atoms with van der Waals surface area (Å²) < 4.78 is 0. The fourth-order valence-corrected chi connectivity index (χ4v) is 2.95. The van der Waals surface area contributed by atoms with Crippen LogP contribution in [0.4, 0.5) is 0 Å². The highest BCUT2D eigenvalue weighted by atomic mass is 16.3. The van der Waals surface area contributed by atoms with Gasteiger partial charge in [0.2, 0.25) is 5.91 Å². The van der Waals surface area contributed by atoms with Crippen LogP contribution in [0, 0.1) is 0 Å². The molecule has 4 N–H and O–H groups in total. The maximum absolute atomic E-state index is 12.5. The average Bonchev–Trinajstić information content (AvgIpc) is 2.52. The Morgan fingerprint density at radius 3 is 2.78 bits per heavy atom. The molecular formula is C17H25N3O3. The molecule has 6 nitrogen and oxygen atoms in total. The zero-order valence-electron chi connectivity index (χ0n) is 13.3. The van der Waals surface area contributed by atoms with Crippen molar-refractivity contribution in [3.63, 3.8) is 0 Å². The van der Waals surface area contributed by atoms with Crippen molar-refractivity contribution in [1.29, 1.82) is 0 Å². The van der Waals surface area contributed by atoms with Crippen molar-refractivity contribution in [1.82, 2.24) is 10.2 Å². The van der Waals surface area contributed by atoms with Crippen molar-refractivity contribution >= 4 is 11.8 Å². The quantitative estimate of drug-likeness (QED) is 0.631. The number of benzene rings is 1. The van der Waals surface area contributed by atoms with Crippen LogP contribution in [-0.2, 0) is 16.0 Å². The second-order valence-corrected chi connectivity index (χ2v) is 6.09. The first-order chi connectivity index (χ1) is 11.0. The van der Waals surface area contributed by atoms with Crippen LogP contribution in [0.3, 0.4) is 0 Å². The normalized spacial score (nSPS) is 21.4. The van der Waals surface area contributed by atoms with E-state index in [4.69, 9.17) is 5.73 Å². The molecule has 2 amide bonds. The van der Waals surface area contributed by atoms with Gasteiger partial charge in [-0.3, -0.25) is 9.59 Å². The second-order valence-electron chi connectivity index (χ2n) is 6.09. The molecule has 1 aromatic rings. The number of aryl methyl sites for hydroxylation is 1. The van der Waals surface area contributed by atoms with E-state index in [1.165, 1.54) is 5.56 Å². The first-order valence-electron chi connectivity index (χ1n) is 8.06. The van der Waals surface area contributed by atoms with Gasteiger partial charge in [-0.15, -0.1) is 0 Å². The number of piperidine rings is 1. The SMILES string of the molecule is NC(=O)CNC[C@@]1(O)CCCN(CCCc2ccccc2)C1=O. The van der Waals surface area contributed by atoms with E-state index >= 15 is 0 Å². The van der Waals surface area contributed by atoms with E-state index in [0.717, 1.165) is 19.3 Å². The Morgan fingerprint density at radius 2 is 2.09 bits per heavy atom. The molecule has 6 heteroatoms. The van der Waals surface area contributed by atoms with Crippen molar-refractivity contribution in [3.05, 3.63) is 35.9 Å². The fraction of sp³-hybridized carbons (Fsp3) is 0.529. The molecule has 1 aliphatic heterocycles. The molecular weight excluding hydrogens is 294 g/mol. The maximum Gasteiger partial charge on any atom is 0.255 e. The summed E-state index contributed by atoms with van der Waals surface area (Å²) >= 11 is 0. The third-order valence-electron chi connectivity index (χ3n) is 4.16. The number of carbonyl (C=O) groups excluding carboxylic acids is 2. The van der Waals surface area contributed by atoms with Crippen LogP contribution in [0.2, 0.25) is 0 Å². The zero-order valence-corrected chi connectivity index (χ0v) is 13.3. The summed E-state index contributed by atoms with van der Waals surface area (Å²) in [6.07, 6.45) is 2.93. The monoisotopic (exact) mass is 319 g/mol. The Hall–Kier alpha value is -1.92. The summed E-state index contributed by atoms with van der Waals surface area (Å²) in [6.45, 7) is 1.32. The van der Waals surface area contributed by atoms with Crippen LogP contribution in [-0.4, -0.2) is 53.6 Å². The van der Waals surface area contributed by atoms with Crippen molar-refractivity contribution in [2.45, 2.75) is 31.3 Å². The number of nitrogens with two attached hydrogens (primary N) is 1. The molecule has 1 heterocycles. The number of likely N-dealkylation sites (tertiary alicyclic amines) is 1. The van der Waals surface area contributed by atoms with Crippen LogP contribution in [0.25, 0.3) is 0 Å². The van der Waals surface area contributed by atoms with Crippen molar-refractivity contribution < 1.29 is 14.7 Å². The number of rotatable bonds is 8. The highest BCUT2D eigenvalue weighted by molar-refractivity contribution is 5.86. The maximum atomic E-state index is 12.5. The highest BCUT2D eigenvalue weighted by Crippen LogP contribution is 2.22. The number of amides is 2. The van der Waals surface area contributed by atoms with E-state index in [2.05, 4.69) is 17.4 Å². The van der Waals surface area contributed by atoms with Gasteiger partial charge in [0, 0.05) is 19.6 Å². The summed E-state index contributed by atoms with van der Waals surface area (Å²) in [5.74, 6) is -0.759. The molecule has 1 fully saturated rings. The average molecular weight is 319 g/mol. The number of carbonyl (C=O) groups is 2. The molecule has 23 heavy (non-hydrogen) atoms. The molecule has 0 unspecified atom stereocenters.